The lowest BCUT2D eigenvalue weighted by Gasteiger charge is -2.08. The van der Waals surface area contributed by atoms with E-state index >= 15 is 0 Å². The molecule has 0 bridgehead atoms. The fourth-order valence-electron chi connectivity index (χ4n) is 1.41. The molecule has 0 aliphatic heterocycles. The Morgan fingerprint density at radius 1 is 1.00 bits per heavy atom. The van der Waals surface area contributed by atoms with E-state index in [-0.39, 0.29) is 10.3 Å². The van der Waals surface area contributed by atoms with Crippen molar-refractivity contribution in [2.24, 2.45) is 0 Å². The van der Waals surface area contributed by atoms with E-state index in [0.717, 1.165) is 5.56 Å². The van der Waals surface area contributed by atoms with Gasteiger partial charge in [0.25, 0.3) is 0 Å². The highest BCUT2D eigenvalue weighted by atomic mass is 35.5. The molecule has 4 nitrogen and oxygen atoms in total. The fourth-order valence-corrected chi connectivity index (χ4v) is 1.70. The fraction of sp³-hybridized carbons (Fsp3) is 0.231. The van der Waals surface area contributed by atoms with Crippen molar-refractivity contribution in [1.29, 1.82) is 0 Å². The van der Waals surface area contributed by atoms with Gasteiger partial charge in [0.2, 0.25) is 0 Å². The molecule has 0 N–H and O–H groups in total. The van der Waals surface area contributed by atoms with E-state index in [2.05, 4.69) is 10.2 Å². The first-order chi connectivity index (χ1) is 9.25. The summed E-state index contributed by atoms with van der Waals surface area (Å²) in [6.07, 6.45) is 0. The summed E-state index contributed by atoms with van der Waals surface area (Å²) >= 11 is 11.5. The zero-order valence-corrected chi connectivity index (χ0v) is 11.6. The molecule has 2 rings (SSSR count). The second-order valence-corrected chi connectivity index (χ2v) is 4.45. The van der Waals surface area contributed by atoms with Crippen LogP contribution in [0.25, 0.3) is 0 Å². The number of halogens is 2. The maximum Gasteiger partial charge on any atom is 0.193 e. The Morgan fingerprint density at radius 3 is 2.58 bits per heavy atom. The van der Waals surface area contributed by atoms with E-state index in [9.17, 15) is 0 Å². The second-order valence-electron chi connectivity index (χ2n) is 3.71. The lowest BCUT2D eigenvalue weighted by molar-refractivity contribution is 0.0888. The summed E-state index contributed by atoms with van der Waals surface area (Å²) < 4.78 is 10.9. The molecule has 0 spiro atoms. The average molecular weight is 299 g/mol. The Hall–Kier alpha value is -1.36. The molecule has 0 radical (unpaired) electrons. The molecular weight excluding hydrogens is 287 g/mol. The molecule has 0 unspecified atom stereocenters. The van der Waals surface area contributed by atoms with Crippen LogP contribution in [0, 0.1) is 0 Å². The van der Waals surface area contributed by atoms with Crippen LogP contribution < -0.4 is 4.74 Å². The number of aromatic nitrogens is 2. The van der Waals surface area contributed by atoms with Gasteiger partial charge in [0.15, 0.2) is 16.1 Å². The molecular formula is C13H12Cl2N2O2. The van der Waals surface area contributed by atoms with Gasteiger partial charge in [-0.25, -0.2) is 0 Å². The van der Waals surface area contributed by atoms with Gasteiger partial charge in [0.05, 0.1) is 13.2 Å². The first kappa shape index (κ1) is 14.1. The number of rotatable bonds is 6. The molecule has 19 heavy (non-hydrogen) atoms. The van der Waals surface area contributed by atoms with Crippen LogP contribution in [0.1, 0.15) is 5.56 Å². The number of ether oxygens (including phenoxy) is 2. The maximum absolute atomic E-state index is 5.81. The number of nitrogens with zero attached hydrogens (tertiary/aromatic N) is 2. The Kier molecular flexibility index (Phi) is 5.39. The van der Waals surface area contributed by atoms with E-state index < -0.39 is 0 Å². The van der Waals surface area contributed by atoms with Crippen molar-refractivity contribution in [3.63, 3.8) is 0 Å². The highest BCUT2D eigenvalue weighted by Gasteiger charge is 2.05. The van der Waals surface area contributed by atoms with Crippen LogP contribution in [0.3, 0.4) is 0 Å². The summed E-state index contributed by atoms with van der Waals surface area (Å²) in [6, 6.07) is 11.4. The van der Waals surface area contributed by atoms with Crippen LogP contribution >= 0.6 is 23.2 Å². The summed E-state index contributed by atoms with van der Waals surface area (Å²) in [5, 5.41) is 7.67. The monoisotopic (exact) mass is 298 g/mol. The zero-order chi connectivity index (χ0) is 13.5. The minimum Gasteiger partial charge on any atom is -0.488 e. The van der Waals surface area contributed by atoms with Gasteiger partial charge in [0, 0.05) is 6.07 Å². The zero-order valence-electron chi connectivity index (χ0n) is 10.1. The van der Waals surface area contributed by atoms with E-state index in [1.807, 2.05) is 30.3 Å². The first-order valence-corrected chi connectivity index (χ1v) is 6.44. The Morgan fingerprint density at radius 2 is 1.79 bits per heavy atom. The largest absolute Gasteiger partial charge is 0.488 e. The van der Waals surface area contributed by atoms with Gasteiger partial charge < -0.3 is 9.47 Å². The van der Waals surface area contributed by atoms with Crippen LogP contribution in [0.15, 0.2) is 36.4 Å². The van der Waals surface area contributed by atoms with E-state index in [1.54, 1.807) is 0 Å². The third-order valence-electron chi connectivity index (χ3n) is 2.28. The van der Waals surface area contributed by atoms with E-state index in [1.165, 1.54) is 6.07 Å². The topological polar surface area (TPSA) is 44.2 Å². The van der Waals surface area contributed by atoms with Crippen molar-refractivity contribution in [3.05, 3.63) is 52.3 Å². The quantitative estimate of drug-likeness (QED) is 0.767. The molecule has 0 saturated heterocycles. The minimum absolute atomic E-state index is 0.187. The van der Waals surface area contributed by atoms with Gasteiger partial charge in [-0.3, -0.25) is 0 Å². The van der Waals surface area contributed by atoms with Crippen molar-refractivity contribution in [1.82, 2.24) is 10.2 Å². The van der Waals surface area contributed by atoms with Gasteiger partial charge in [-0.1, -0.05) is 53.5 Å². The lowest BCUT2D eigenvalue weighted by atomic mass is 10.2. The Labute approximate surface area is 121 Å². The molecule has 0 atom stereocenters. The summed E-state index contributed by atoms with van der Waals surface area (Å²) in [7, 11) is 0. The molecule has 6 heteroatoms. The van der Waals surface area contributed by atoms with Gasteiger partial charge in [0.1, 0.15) is 6.61 Å². The number of hydrogen-bond donors (Lipinski definition) is 0. The molecule has 2 aromatic rings. The highest BCUT2D eigenvalue weighted by molar-refractivity contribution is 6.32. The third kappa shape index (κ3) is 4.67. The molecule has 1 aromatic heterocycles. The van der Waals surface area contributed by atoms with Crippen molar-refractivity contribution in [2.45, 2.75) is 6.61 Å². The van der Waals surface area contributed by atoms with Crippen LogP contribution in [-0.2, 0) is 11.3 Å². The maximum atomic E-state index is 5.81. The third-order valence-corrected chi connectivity index (χ3v) is 2.73. The summed E-state index contributed by atoms with van der Waals surface area (Å²) in [5.41, 5.74) is 1.12. The Balaban J connectivity index is 1.71. The molecule has 1 aromatic carbocycles. The van der Waals surface area contributed by atoms with Crippen LogP contribution in [0.4, 0.5) is 0 Å². The summed E-state index contributed by atoms with van der Waals surface area (Å²) in [6.45, 7) is 1.37. The molecule has 0 saturated carbocycles. The normalized spacial score (nSPS) is 10.4. The smallest absolute Gasteiger partial charge is 0.193 e. The molecule has 0 aliphatic carbocycles. The van der Waals surface area contributed by atoms with Gasteiger partial charge >= 0.3 is 0 Å². The van der Waals surface area contributed by atoms with Crippen molar-refractivity contribution < 1.29 is 9.47 Å². The second kappa shape index (κ2) is 7.28. The van der Waals surface area contributed by atoms with Gasteiger partial charge in [-0.05, 0) is 5.56 Å². The van der Waals surface area contributed by atoms with Crippen molar-refractivity contribution in [2.75, 3.05) is 13.2 Å². The minimum atomic E-state index is 0.187. The summed E-state index contributed by atoms with van der Waals surface area (Å²) in [5.74, 6) is 0.407. The number of hydrogen-bond acceptors (Lipinski definition) is 4. The van der Waals surface area contributed by atoms with Gasteiger partial charge in [-0.15, -0.1) is 10.2 Å². The predicted octanol–water partition coefficient (Wildman–Crippen LogP) is 3.38. The molecule has 0 fully saturated rings. The van der Waals surface area contributed by atoms with E-state index in [0.29, 0.717) is 25.6 Å². The van der Waals surface area contributed by atoms with E-state index in [4.69, 9.17) is 32.7 Å². The highest BCUT2D eigenvalue weighted by Crippen LogP contribution is 2.23. The molecule has 100 valence electrons. The molecule has 1 heterocycles. The predicted molar refractivity (Wildman–Crippen MR) is 73.6 cm³/mol. The van der Waals surface area contributed by atoms with Crippen LogP contribution in [0.5, 0.6) is 5.75 Å². The molecule has 0 amide bonds. The summed E-state index contributed by atoms with van der Waals surface area (Å²) in [4.78, 5) is 0. The van der Waals surface area contributed by atoms with Crippen LogP contribution in [-0.4, -0.2) is 23.4 Å². The van der Waals surface area contributed by atoms with Crippen LogP contribution in [0.2, 0.25) is 10.3 Å². The standard InChI is InChI=1S/C13H12Cl2N2O2/c14-12-8-11(13(15)17-16-12)19-7-6-18-9-10-4-2-1-3-5-10/h1-5,8H,6-7,9H2. The number of benzene rings is 1. The lowest BCUT2D eigenvalue weighted by Crippen LogP contribution is -2.07. The van der Waals surface area contributed by atoms with Crippen molar-refractivity contribution >= 4 is 23.2 Å². The average Bonchev–Trinajstić information content (AvgIpc) is 2.43. The SMILES string of the molecule is Clc1cc(OCCOCc2ccccc2)c(Cl)nn1. The molecule has 0 aliphatic rings. The van der Waals surface area contributed by atoms with Crippen molar-refractivity contribution in [3.8, 4) is 5.75 Å². The first-order valence-electron chi connectivity index (χ1n) is 5.69. The van der Waals surface area contributed by atoms with Gasteiger partial charge in [-0.2, -0.15) is 0 Å². The Bertz CT molecular complexity index is 523.